The third kappa shape index (κ3) is 6.81. The minimum absolute atomic E-state index is 0.260. The van der Waals surface area contributed by atoms with Crippen LogP contribution in [0, 0.1) is 6.92 Å². The number of hydrogen-bond donors (Lipinski definition) is 2. The van der Waals surface area contributed by atoms with Gasteiger partial charge < -0.3 is 14.8 Å². The highest BCUT2D eigenvalue weighted by atomic mass is 32.2. The van der Waals surface area contributed by atoms with Crippen LogP contribution in [0.25, 0.3) is 0 Å². The lowest BCUT2D eigenvalue weighted by Crippen LogP contribution is -2.32. The van der Waals surface area contributed by atoms with Crippen LogP contribution in [0.4, 0.5) is 11.4 Å². The number of anilines is 2. The molecular formula is C28H33N3O5S. The highest BCUT2D eigenvalue weighted by Crippen LogP contribution is 2.33. The highest BCUT2D eigenvalue weighted by molar-refractivity contribution is 7.92. The Labute approximate surface area is 218 Å². The van der Waals surface area contributed by atoms with Crippen LogP contribution in [0.5, 0.6) is 11.5 Å². The molecule has 1 aliphatic rings. The maximum Gasteiger partial charge on any atom is 0.257 e. The van der Waals surface area contributed by atoms with Crippen LogP contribution in [0.1, 0.15) is 32.6 Å². The van der Waals surface area contributed by atoms with Crippen molar-refractivity contribution in [3.63, 3.8) is 0 Å². The van der Waals surface area contributed by atoms with Crippen LogP contribution in [0.15, 0.2) is 54.6 Å². The molecule has 8 nitrogen and oxygen atoms in total. The van der Waals surface area contributed by atoms with E-state index in [-0.39, 0.29) is 17.2 Å². The molecule has 0 aromatic heterocycles. The van der Waals surface area contributed by atoms with E-state index in [0.29, 0.717) is 5.69 Å². The highest BCUT2D eigenvalue weighted by Gasteiger charge is 2.19. The Morgan fingerprint density at radius 1 is 0.973 bits per heavy atom. The summed E-state index contributed by atoms with van der Waals surface area (Å²) in [6.45, 7) is 4.61. The number of nitrogens with zero attached hydrogens (tertiary/aromatic N) is 1. The predicted molar refractivity (Wildman–Crippen MR) is 146 cm³/mol. The molecule has 0 saturated carbocycles. The van der Waals surface area contributed by atoms with E-state index in [9.17, 15) is 13.2 Å². The summed E-state index contributed by atoms with van der Waals surface area (Å²) in [7, 11) is -0.199. The Kier molecular flexibility index (Phi) is 8.04. The summed E-state index contributed by atoms with van der Waals surface area (Å²) in [6.07, 6.45) is 2.92. The van der Waals surface area contributed by atoms with Crippen LogP contribution >= 0.6 is 0 Å². The summed E-state index contributed by atoms with van der Waals surface area (Å²) >= 11 is 0. The van der Waals surface area contributed by atoms with Gasteiger partial charge in [-0.15, -0.1) is 0 Å². The third-order valence-electron chi connectivity index (χ3n) is 6.44. The molecule has 0 aliphatic carbocycles. The molecule has 2 N–H and O–H groups in total. The number of fused-ring (bicyclic) bond motifs is 1. The second-order valence-corrected chi connectivity index (χ2v) is 11.1. The van der Waals surface area contributed by atoms with Crippen molar-refractivity contribution in [1.29, 1.82) is 0 Å². The van der Waals surface area contributed by atoms with Gasteiger partial charge in [0.1, 0.15) is 0 Å². The average Bonchev–Trinajstić information content (AvgIpc) is 2.86. The molecule has 196 valence electrons. The van der Waals surface area contributed by atoms with Crippen LogP contribution in [0.3, 0.4) is 0 Å². The van der Waals surface area contributed by atoms with Crippen molar-refractivity contribution in [3.8, 4) is 11.5 Å². The Bertz CT molecular complexity index is 1390. The fraction of sp³-hybridized carbons (Fsp3) is 0.321. The van der Waals surface area contributed by atoms with Crippen LogP contribution in [-0.2, 0) is 29.4 Å². The molecule has 3 aromatic carbocycles. The number of benzene rings is 3. The van der Waals surface area contributed by atoms with Crippen molar-refractivity contribution >= 4 is 27.3 Å². The number of carbonyl (C=O) groups excluding carboxylic acids is 1. The predicted octanol–water partition coefficient (Wildman–Crippen LogP) is 4.24. The molecule has 3 aromatic rings. The minimum atomic E-state index is -3.51. The first-order valence-electron chi connectivity index (χ1n) is 12.1. The Morgan fingerprint density at radius 3 is 2.30 bits per heavy atom. The summed E-state index contributed by atoms with van der Waals surface area (Å²) in [4.78, 5) is 15.3. The largest absolute Gasteiger partial charge is 0.493 e. The van der Waals surface area contributed by atoms with E-state index in [1.54, 1.807) is 32.4 Å². The number of ether oxygens (including phenoxy) is 2. The van der Waals surface area contributed by atoms with Gasteiger partial charge in [0, 0.05) is 25.3 Å². The Hall–Kier alpha value is -3.56. The quantitative estimate of drug-likeness (QED) is 0.436. The second-order valence-electron chi connectivity index (χ2n) is 9.33. The van der Waals surface area contributed by atoms with E-state index in [2.05, 4.69) is 27.1 Å². The van der Waals surface area contributed by atoms with E-state index in [4.69, 9.17) is 9.47 Å². The van der Waals surface area contributed by atoms with Crippen molar-refractivity contribution in [2.75, 3.05) is 43.6 Å². The molecule has 0 fully saturated rings. The van der Waals surface area contributed by atoms with Crippen molar-refractivity contribution in [3.05, 3.63) is 82.4 Å². The van der Waals surface area contributed by atoms with Crippen molar-refractivity contribution in [2.45, 2.75) is 26.3 Å². The fourth-order valence-electron chi connectivity index (χ4n) is 4.51. The van der Waals surface area contributed by atoms with Crippen molar-refractivity contribution in [1.82, 2.24) is 4.90 Å². The van der Waals surface area contributed by atoms with E-state index in [0.717, 1.165) is 55.8 Å². The lowest BCUT2D eigenvalue weighted by molar-refractivity contribution is 0.102. The first-order valence-corrected chi connectivity index (χ1v) is 14.0. The van der Waals surface area contributed by atoms with Gasteiger partial charge >= 0.3 is 0 Å². The van der Waals surface area contributed by atoms with Gasteiger partial charge in [0.2, 0.25) is 10.0 Å². The summed E-state index contributed by atoms with van der Waals surface area (Å²) in [5, 5.41) is 2.86. The molecule has 0 saturated heterocycles. The zero-order valence-electron chi connectivity index (χ0n) is 21.6. The zero-order chi connectivity index (χ0) is 26.6. The van der Waals surface area contributed by atoms with Gasteiger partial charge in [-0.3, -0.25) is 14.4 Å². The third-order valence-corrected chi connectivity index (χ3v) is 7.03. The molecule has 0 radical (unpaired) electrons. The van der Waals surface area contributed by atoms with Gasteiger partial charge in [-0.05, 0) is 78.4 Å². The van der Waals surface area contributed by atoms with Gasteiger partial charge in [-0.25, -0.2) is 8.42 Å². The molecule has 1 heterocycles. The molecule has 0 unspecified atom stereocenters. The summed E-state index contributed by atoms with van der Waals surface area (Å²) in [6, 6.07) is 16.9. The molecule has 9 heteroatoms. The van der Waals surface area contributed by atoms with E-state index in [1.165, 1.54) is 16.7 Å². The van der Waals surface area contributed by atoms with Gasteiger partial charge in [-0.1, -0.05) is 18.2 Å². The number of carbonyl (C=O) groups is 1. The molecule has 1 amide bonds. The Morgan fingerprint density at radius 2 is 1.65 bits per heavy atom. The molecule has 0 bridgehead atoms. The van der Waals surface area contributed by atoms with E-state index >= 15 is 0 Å². The second kappa shape index (κ2) is 11.2. The smallest absolute Gasteiger partial charge is 0.257 e. The SMILES string of the molecule is COc1cc2c(cc1OC)CN(CCc1ccc(NC(=O)c3ccc(C)cc3NS(C)(=O)=O)cc1)CC2. The molecule has 37 heavy (non-hydrogen) atoms. The standard InChI is InChI=1S/C28H33N3O5S/c1-19-5-10-24(25(15-19)30-37(4,33)34)28(32)29-23-8-6-20(7-9-23)11-13-31-14-12-21-16-26(35-2)27(36-3)17-22(21)18-31/h5-10,15-17,30H,11-14,18H2,1-4H3,(H,29,32). The first kappa shape index (κ1) is 26.5. The lowest BCUT2D eigenvalue weighted by Gasteiger charge is -2.29. The number of rotatable bonds is 9. The monoisotopic (exact) mass is 523 g/mol. The van der Waals surface area contributed by atoms with Gasteiger partial charge in [0.05, 0.1) is 31.7 Å². The number of hydrogen-bond acceptors (Lipinski definition) is 6. The molecule has 0 spiro atoms. The summed E-state index contributed by atoms with van der Waals surface area (Å²) in [5.41, 5.74) is 5.76. The van der Waals surface area contributed by atoms with E-state index in [1.807, 2.05) is 31.2 Å². The first-order chi connectivity index (χ1) is 17.6. The fourth-order valence-corrected chi connectivity index (χ4v) is 5.08. The topological polar surface area (TPSA) is 97.0 Å². The number of sulfonamides is 1. The molecule has 4 rings (SSSR count). The number of methoxy groups -OCH3 is 2. The zero-order valence-corrected chi connectivity index (χ0v) is 22.4. The Balaban J connectivity index is 1.36. The number of nitrogens with one attached hydrogen (secondary N) is 2. The normalized spacial score (nSPS) is 13.5. The average molecular weight is 524 g/mol. The molecular weight excluding hydrogens is 490 g/mol. The van der Waals surface area contributed by atoms with Gasteiger partial charge in [0.25, 0.3) is 5.91 Å². The van der Waals surface area contributed by atoms with E-state index < -0.39 is 10.0 Å². The van der Waals surface area contributed by atoms with Crippen molar-refractivity contribution < 1.29 is 22.7 Å². The van der Waals surface area contributed by atoms with Crippen LogP contribution in [-0.4, -0.2) is 52.8 Å². The maximum atomic E-state index is 12.9. The van der Waals surface area contributed by atoms with Crippen molar-refractivity contribution in [2.24, 2.45) is 0 Å². The van der Waals surface area contributed by atoms with Gasteiger partial charge in [0.15, 0.2) is 11.5 Å². The molecule has 1 aliphatic heterocycles. The summed E-state index contributed by atoms with van der Waals surface area (Å²) in [5.74, 6) is 1.15. The maximum absolute atomic E-state index is 12.9. The van der Waals surface area contributed by atoms with Gasteiger partial charge in [-0.2, -0.15) is 0 Å². The number of aryl methyl sites for hydroxylation is 1. The number of amides is 1. The van der Waals surface area contributed by atoms with Crippen LogP contribution < -0.4 is 19.5 Å². The summed E-state index contributed by atoms with van der Waals surface area (Å²) < 4.78 is 36.8. The van der Waals surface area contributed by atoms with Crippen LogP contribution in [0.2, 0.25) is 0 Å². The molecule has 0 atom stereocenters. The minimum Gasteiger partial charge on any atom is -0.493 e. The lowest BCUT2D eigenvalue weighted by atomic mass is 9.98.